The Hall–Kier alpha value is -1.60. The molecule has 1 aliphatic rings. The summed E-state index contributed by atoms with van der Waals surface area (Å²) in [5, 5.41) is 0. The molecule has 0 amide bonds. The molecule has 0 N–H and O–H groups in total. The lowest BCUT2D eigenvalue weighted by Gasteiger charge is -2.35. The minimum Gasteiger partial charge on any atom is -0.497 e. The summed E-state index contributed by atoms with van der Waals surface area (Å²) in [7, 11) is -2.02. The van der Waals surface area contributed by atoms with Gasteiger partial charge in [0.05, 0.1) is 18.6 Å². The first-order chi connectivity index (χ1) is 12.8. The zero-order valence-corrected chi connectivity index (χ0v) is 17.6. The normalized spacial score (nSPS) is 18.3. The highest BCUT2D eigenvalue weighted by Gasteiger charge is 2.35. The number of carbonyl (C=O) groups excluding carboxylic acids is 1. The van der Waals surface area contributed by atoms with E-state index >= 15 is 0 Å². The summed E-state index contributed by atoms with van der Waals surface area (Å²) < 4.78 is 38.7. The van der Waals surface area contributed by atoms with Crippen LogP contribution in [0.5, 0.6) is 5.75 Å². The standard InChI is InChI=1S/C20H31NO5S/c1-5-26-19(22)11-8-10-17-9-6-7-12-21(17)27(23,24)20-15(2)13-18(25-4)14-16(20)3/h13-14,17H,5-12H2,1-4H3. The van der Waals surface area contributed by atoms with Crippen molar-refractivity contribution in [1.29, 1.82) is 0 Å². The number of ether oxygens (including phenoxy) is 2. The molecule has 0 aliphatic carbocycles. The van der Waals surface area contributed by atoms with Crippen LogP contribution < -0.4 is 4.74 Å². The zero-order valence-electron chi connectivity index (χ0n) is 16.8. The van der Waals surface area contributed by atoms with Crippen molar-refractivity contribution in [3.05, 3.63) is 23.3 Å². The van der Waals surface area contributed by atoms with E-state index < -0.39 is 10.0 Å². The predicted molar refractivity (Wildman–Crippen MR) is 104 cm³/mol. The van der Waals surface area contributed by atoms with Gasteiger partial charge in [-0.05, 0) is 69.7 Å². The lowest BCUT2D eigenvalue weighted by Crippen LogP contribution is -2.44. The van der Waals surface area contributed by atoms with Crippen LogP contribution in [0.15, 0.2) is 17.0 Å². The Morgan fingerprint density at radius 2 is 1.89 bits per heavy atom. The van der Waals surface area contributed by atoms with Crippen LogP contribution in [0.1, 0.15) is 56.6 Å². The van der Waals surface area contributed by atoms with Crippen molar-refractivity contribution in [1.82, 2.24) is 4.31 Å². The van der Waals surface area contributed by atoms with Crippen LogP contribution in [-0.4, -0.2) is 45.0 Å². The molecule has 1 fully saturated rings. The molecule has 1 atom stereocenters. The van der Waals surface area contributed by atoms with Crippen molar-refractivity contribution in [2.75, 3.05) is 20.3 Å². The quantitative estimate of drug-likeness (QED) is 0.627. The summed E-state index contributed by atoms with van der Waals surface area (Å²) in [6, 6.07) is 3.46. The smallest absolute Gasteiger partial charge is 0.305 e. The van der Waals surface area contributed by atoms with Gasteiger partial charge in [-0.1, -0.05) is 6.42 Å². The van der Waals surface area contributed by atoms with E-state index in [0.29, 0.717) is 54.2 Å². The number of hydrogen-bond acceptors (Lipinski definition) is 5. The van der Waals surface area contributed by atoms with Crippen LogP contribution in [0.4, 0.5) is 0 Å². The van der Waals surface area contributed by atoms with E-state index in [4.69, 9.17) is 9.47 Å². The number of benzene rings is 1. The molecule has 1 aromatic carbocycles. The van der Waals surface area contributed by atoms with Gasteiger partial charge in [0.15, 0.2) is 0 Å². The molecule has 0 bridgehead atoms. The van der Waals surface area contributed by atoms with Gasteiger partial charge in [-0.25, -0.2) is 8.42 Å². The van der Waals surface area contributed by atoms with E-state index in [2.05, 4.69) is 0 Å². The van der Waals surface area contributed by atoms with Gasteiger partial charge in [0.1, 0.15) is 5.75 Å². The Kier molecular flexibility index (Phi) is 7.68. The number of methoxy groups -OCH3 is 1. The molecule has 2 rings (SSSR count). The van der Waals surface area contributed by atoms with Crippen LogP contribution in [0.25, 0.3) is 0 Å². The van der Waals surface area contributed by atoms with E-state index in [1.807, 2.05) is 13.8 Å². The Bertz CT molecular complexity index is 737. The maximum Gasteiger partial charge on any atom is 0.305 e. The van der Waals surface area contributed by atoms with E-state index in [-0.39, 0.29) is 12.0 Å². The highest BCUT2D eigenvalue weighted by atomic mass is 32.2. The Balaban J connectivity index is 2.21. The van der Waals surface area contributed by atoms with E-state index in [1.165, 1.54) is 0 Å². The summed E-state index contributed by atoms with van der Waals surface area (Å²) in [6.45, 7) is 6.30. The third-order valence-corrected chi connectivity index (χ3v) is 7.29. The minimum absolute atomic E-state index is 0.0703. The van der Waals surface area contributed by atoms with Crippen molar-refractivity contribution < 1.29 is 22.7 Å². The minimum atomic E-state index is -3.60. The van der Waals surface area contributed by atoms with Gasteiger partial charge in [0.2, 0.25) is 10.0 Å². The summed E-state index contributed by atoms with van der Waals surface area (Å²) in [6.07, 6.45) is 4.34. The monoisotopic (exact) mass is 397 g/mol. The number of rotatable bonds is 8. The number of sulfonamides is 1. The van der Waals surface area contributed by atoms with Gasteiger partial charge in [-0.3, -0.25) is 4.79 Å². The third-order valence-electron chi connectivity index (χ3n) is 5.03. The second kappa shape index (κ2) is 9.55. The summed E-state index contributed by atoms with van der Waals surface area (Å²) >= 11 is 0. The number of carbonyl (C=O) groups is 1. The van der Waals surface area contributed by atoms with Crippen molar-refractivity contribution in [2.45, 2.75) is 70.2 Å². The maximum atomic E-state index is 13.4. The molecule has 0 saturated carbocycles. The van der Waals surface area contributed by atoms with E-state index in [0.717, 1.165) is 19.3 Å². The topological polar surface area (TPSA) is 72.9 Å². The molecule has 6 nitrogen and oxygen atoms in total. The highest BCUT2D eigenvalue weighted by Crippen LogP contribution is 2.33. The van der Waals surface area contributed by atoms with Crippen LogP contribution in [0.3, 0.4) is 0 Å². The van der Waals surface area contributed by atoms with E-state index in [9.17, 15) is 13.2 Å². The summed E-state index contributed by atoms with van der Waals surface area (Å²) in [4.78, 5) is 11.9. The molecule has 1 heterocycles. The first-order valence-electron chi connectivity index (χ1n) is 9.64. The Morgan fingerprint density at radius 3 is 2.48 bits per heavy atom. The predicted octanol–water partition coefficient (Wildman–Crippen LogP) is 3.59. The van der Waals surface area contributed by atoms with Crippen molar-refractivity contribution >= 4 is 16.0 Å². The van der Waals surface area contributed by atoms with Gasteiger partial charge < -0.3 is 9.47 Å². The third kappa shape index (κ3) is 5.23. The number of nitrogens with zero attached hydrogens (tertiary/aromatic N) is 1. The fourth-order valence-corrected chi connectivity index (χ4v) is 5.99. The van der Waals surface area contributed by atoms with Crippen molar-refractivity contribution in [3.8, 4) is 5.75 Å². The average molecular weight is 398 g/mol. The van der Waals surface area contributed by atoms with E-state index in [1.54, 1.807) is 30.5 Å². The van der Waals surface area contributed by atoms with Crippen molar-refractivity contribution in [2.24, 2.45) is 0 Å². The van der Waals surface area contributed by atoms with Gasteiger partial charge >= 0.3 is 5.97 Å². The number of piperidine rings is 1. The molecule has 0 spiro atoms. The van der Waals surface area contributed by atoms with Crippen LogP contribution in [0.2, 0.25) is 0 Å². The Labute approximate surface area is 162 Å². The highest BCUT2D eigenvalue weighted by molar-refractivity contribution is 7.89. The molecule has 7 heteroatoms. The molecular formula is C20H31NO5S. The summed E-state index contributed by atoms with van der Waals surface area (Å²) in [5.74, 6) is 0.443. The molecule has 0 radical (unpaired) electrons. The molecule has 152 valence electrons. The van der Waals surface area contributed by atoms with Crippen LogP contribution in [-0.2, 0) is 19.6 Å². The largest absolute Gasteiger partial charge is 0.497 e. The lowest BCUT2D eigenvalue weighted by atomic mass is 10.00. The Morgan fingerprint density at radius 1 is 1.22 bits per heavy atom. The van der Waals surface area contributed by atoms with Gasteiger partial charge in [0.25, 0.3) is 0 Å². The average Bonchev–Trinajstić information content (AvgIpc) is 2.61. The van der Waals surface area contributed by atoms with Crippen LogP contribution >= 0.6 is 0 Å². The summed E-state index contributed by atoms with van der Waals surface area (Å²) in [5.41, 5.74) is 1.39. The lowest BCUT2D eigenvalue weighted by molar-refractivity contribution is -0.143. The molecular weight excluding hydrogens is 366 g/mol. The van der Waals surface area contributed by atoms with Crippen molar-refractivity contribution in [3.63, 3.8) is 0 Å². The maximum absolute atomic E-state index is 13.4. The fourth-order valence-electron chi connectivity index (χ4n) is 3.85. The number of aryl methyl sites for hydroxylation is 2. The SMILES string of the molecule is CCOC(=O)CCCC1CCCCN1S(=O)(=O)c1c(C)cc(OC)cc1C. The van der Waals surface area contributed by atoms with Gasteiger partial charge in [-0.2, -0.15) is 4.31 Å². The second-order valence-corrected chi connectivity index (χ2v) is 8.88. The van der Waals surface area contributed by atoms with Gasteiger partial charge in [-0.15, -0.1) is 0 Å². The van der Waals surface area contributed by atoms with Crippen LogP contribution in [0, 0.1) is 13.8 Å². The molecule has 1 aromatic rings. The number of esters is 1. The van der Waals surface area contributed by atoms with Gasteiger partial charge in [0, 0.05) is 19.0 Å². The second-order valence-electron chi connectivity index (χ2n) is 7.05. The zero-order chi connectivity index (χ0) is 20.0. The molecule has 27 heavy (non-hydrogen) atoms. The molecule has 0 aromatic heterocycles. The first-order valence-corrected chi connectivity index (χ1v) is 11.1. The molecule has 1 unspecified atom stereocenters. The first kappa shape index (κ1) is 21.7. The molecule has 1 aliphatic heterocycles. The molecule has 1 saturated heterocycles. The fraction of sp³-hybridized carbons (Fsp3) is 0.650. The number of hydrogen-bond donors (Lipinski definition) is 0.